The third-order valence-corrected chi connectivity index (χ3v) is 4.76. The van der Waals surface area contributed by atoms with E-state index in [2.05, 4.69) is 15.0 Å². The molecule has 1 aromatic heterocycles. The SMILES string of the molecule is C[C@@H](C(=O)NCCS(=O)(=O)NCc1ccc(F)cc1)n1ccnc1. The number of imidazole rings is 1. The Labute approximate surface area is 140 Å². The Morgan fingerprint density at radius 1 is 1.33 bits per heavy atom. The van der Waals surface area contributed by atoms with E-state index in [9.17, 15) is 17.6 Å². The summed E-state index contributed by atoms with van der Waals surface area (Å²) in [7, 11) is -3.54. The van der Waals surface area contributed by atoms with Gasteiger partial charge in [0.05, 0.1) is 12.1 Å². The Morgan fingerprint density at radius 2 is 2.04 bits per heavy atom. The Hall–Kier alpha value is -2.26. The number of sulfonamides is 1. The minimum absolute atomic E-state index is 0.00335. The van der Waals surface area contributed by atoms with Gasteiger partial charge in [-0.25, -0.2) is 22.5 Å². The van der Waals surface area contributed by atoms with Crippen molar-refractivity contribution in [3.63, 3.8) is 0 Å². The van der Waals surface area contributed by atoms with Crippen LogP contribution in [-0.4, -0.2) is 36.2 Å². The number of carbonyl (C=O) groups is 1. The highest BCUT2D eigenvalue weighted by atomic mass is 32.2. The minimum atomic E-state index is -3.54. The molecule has 0 aliphatic heterocycles. The summed E-state index contributed by atoms with van der Waals surface area (Å²) in [5, 5.41) is 2.58. The molecule has 2 aromatic rings. The fourth-order valence-electron chi connectivity index (χ4n) is 1.96. The predicted molar refractivity (Wildman–Crippen MR) is 87.0 cm³/mol. The summed E-state index contributed by atoms with van der Waals surface area (Å²) in [5.74, 6) is -0.908. The average molecular weight is 354 g/mol. The van der Waals surface area contributed by atoms with Crippen LogP contribution in [0.4, 0.5) is 4.39 Å². The molecule has 0 aliphatic carbocycles. The third-order valence-electron chi connectivity index (χ3n) is 3.43. The molecule has 0 saturated heterocycles. The first kappa shape index (κ1) is 18.1. The van der Waals surface area contributed by atoms with Gasteiger partial charge in [-0.05, 0) is 24.6 Å². The van der Waals surface area contributed by atoms with Gasteiger partial charge >= 0.3 is 0 Å². The zero-order chi connectivity index (χ0) is 17.6. The van der Waals surface area contributed by atoms with Crippen molar-refractivity contribution < 1.29 is 17.6 Å². The molecule has 1 heterocycles. The molecule has 9 heteroatoms. The maximum atomic E-state index is 12.8. The molecule has 0 spiro atoms. The van der Waals surface area contributed by atoms with Crippen LogP contribution in [0, 0.1) is 5.82 Å². The van der Waals surface area contributed by atoms with Crippen LogP contribution in [0.25, 0.3) is 0 Å². The molecule has 1 aromatic carbocycles. The molecule has 1 atom stereocenters. The lowest BCUT2D eigenvalue weighted by atomic mass is 10.2. The van der Waals surface area contributed by atoms with E-state index in [1.807, 2.05) is 0 Å². The summed E-state index contributed by atoms with van der Waals surface area (Å²) in [6, 6.07) is 5.07. The summed E-state index contributed by atoms with van der Waals surface area (Å²) < 4.78 is 40.6. The van der Waals surface area contributed by atoms with Crippen LogP contribution in [0.1, 0.15) is 18.5 Å². The number of carbonyl (C=O) groups excluding carboxylic acids is 1. The number of hydrogen-bond acceptors (Lipinski definition) is 4. The fraction of sp³-hybridized carbons (Fsp3) is 0.333. The van der Waals surface area contributed by atoms with Gasteiger partial charge in [0, 0.05) is 25.5 Å². The quantitative estimate of drug-likeness (QED) is 0.734. The number of aromatic nitrogens is 2. The largest absolute Gasteiger partial charge is 0.353 e. The lowest BCUT2D eigenvalue weighted by molar-refractivity contribution is -0.123. The fourth-order valence-corrected chi connectivity index (χ4v) is 2.86. The van der Waals surface area contributed by atoms with Gasteiger partial charge in [-0.1, -0.05) is 12.1 Å². The molecule has 0 radical (unpaired) electrons. The number of hydrogen-bond donors (Lipinski definition) is 2. The van der Waals surface area contributed by atoms with Gasteiger partial charge < -0.3 is 9.88 Å². The zero-order valence-electron chi connectivity index (χ0n) is 13.1. The zero-order valence-corrected chi connectivity index (χ0v) is 14.0. The van der Waals surface area contributed by atoms with Crippen molar-refractivity contribution in [1.29, 1.82) is 0 Å². The van der Waals surface area contributed by atoms with Crippen LogP contribution in [-0.2, 0) is 21.4 Å². The normalized spacial score (nSPS) is 12.8. The first-order valence-electron chi connectivity index (χ1n) is 7.34. The average Bonchev–Trinajstić information content (AvgIpc) is 3.08. The summed E-state index contributed by atoms with van der Waals surface area (Å²) >= 11 is 0. The first-order chi connectivity index (χ1) is 11.4. The van der Waals surface area contributed by atoms with Crippen molar-refractivity contribution in [3.8, 4) is 0 Å². The van der Waals surface area contributed by atoms with E-state index < -0.39 is 16.1 Å². The Balaban J connectivity index is 1.76. The number of rotatable bonds is 8. The Kier molecular flexibility index (Phi) is 6.04. The van der Waals surface area contributed by atoms with Gasteiger partial charge in [0.15, 0.2) is 0 Å². The molecule has 130 valence electrons. The molecule has 2 rings (SSSR count). The molecule has 0 bridgehead atoms. The maximum absolute atomic E-state index is 12.8. The van der Waals surface area contributed by atoms with Crippen molar-refractivity contribution in [2.45, 2.75) is 19.5 Å². The molecular formula is C15H19FN4O3S. The van der Waals surface area contributed by atoms with Crippen LogP contribution in [0.3, 0.4) is 0 Å². The van der Waals surface area contributed by atoms with E-state index >= 15 is 0 Å². The van der Waals surface area contributed by atoms with E-state index in [0.717, 1.165) is 0 Å². The highest BCUT2D eigenvalue weighted by Gasteiger charge is 2.15. The Bertz CT molecular complexity index is 761. The van der Waals surface area contributed by atoms with Crippen molar-refractivity contribution in [2.24, 2.45) is 0 Å². The minimum Gasteiger partial charge on any atom is -0.353 e. The van der Waals surface area contributed by atoms with Crippen molar-refractivity contribution in [2.75, 3.05) is 12.3 Å². The van der Waals surface area contributed by atoms with Crippen LogP contribution in [0.5, 0.6) is 0 Å². The lowest BCUT2D eigenvalue weighted by Gasteiger charge is -2.13. The molecule has 0 saturated carbocycles. The van der Waals surface area contributed by atoms with Crippen LogP contribution in [0.2, 0.25) is 0 Å². The van der Waals surface area contributed by atoms with Crippen LogP contribution in [0.15, 0.2) is 43.0 Å². The van der Waals surface area contributed by atoms with E-state index in [1.165, 1.54) is 30.6 Å². The highest BCUT2D eigenvalue weighted by molar-refractivity contribution is 7.89. The van der Waals surface area contributed by atoms with Crippen LogP contribution < -0.4 is 10.0 Å². The third kappa shape index (κ3) is 5.43. The number of amides is 1. The summed E-state index contributed by atoms with van der Waals surface area (Å²) in [5.41, 5.74) is 0.651. The van der Waals surface area contributed by atoms with Gasteiger partial charge in [-0.15, -0.1) is 0 Å². The van der Waals surface area contributed by atoms with E-state index in [4.69, 9.17) is 0 Å². The Morgan fingerprint density at radius 3 is 2.67 bits per heavy atom. The number of nitrogens with one attached hydrogen (secondary N) is 2. The summed E-state index contributed by atoms with van der Waals surface area (Å²) in [6.07, 6.45) is 4.74. The molecule has 2 N–H and O–H groups in total. The number of halogens is 1. The van der Waals surface area contributed by atoms with Gasteiger partial charge in [-0.3, -0.25) is 4.79 Å². The smallest absolute Gasteiger partial charge is 0.242 e. The molecule has 24 heavy (non-hydrogen) atoms. The molecule has 1 amide bonds. The predicted octanol–water partition coefficient (Wildman–Crippen LogP) is 0.819. The number of benzene rings is 1. The molecule has 7 nitrogen and oxygen atoms in total. The maximum Gasteiger partial charge on any atom is 0.242 e. The van der Waals surface area contributed by atoms with E-state index in [-0.39, 0.29) is 30.6 Å². The van der Waals surface area contributed by atoms with Crippen LogP contribution >= 0.6 is 0 Å². The summed E-state index contributed by atoms with van der Waals surface area (Å²) in [6.45, 7) is 1.76. The monoisotopic (exact) mass is 354 g/mol. The summed E-state index contributed by atoms with van der Waals surface area (Å²) in [4.78, 5) is 15.8. The first-order valence-corrected chi connectivity index (χ1v) is 8.99. The van der Waals surface area contributed by atoms with E-state index in [0.29, 0.717) is 5.56 Å². The highest BCUT2D eigenvalue weighted by Crippen LogP contribution is 2.04. The topological polar surface area (TPSA) is 93.1 Å². The van der Waals surface area contributed by atoms with Gasteiger partial charge in [0.25, 0.3) is 0 Å². The lowest BCUT2D eigenvalue weighted by Crippen LogP contribution is -2.37. The molecular weight excluding hydrogens is 335 g/mol. The van der Waals surface area contributed by atoms with Gasteiger partial charge in [0.1, 0.15) is 11.9 Å². The standard InChI is InChI=1S/C15H19FN4O3S/c1-12(20-8-6-17-11-20)15(21)18-7-9-24(22,23)19-10-13-2-4-14(16)5-3-13/h2-6,8,11-12,19H,7,9-10H2,1H3,(H,18,21)/t12-/m0/s1. The van der Waals surface area contributed by atoms with Crippen molar-refractivity contribution in [1.82, 2.24) is 19.6 Å². The van der Waals surface area contributed by atoms with E-state index in [1.54, 1.807) is 23.9 Å². The number of nitrogens with zero attached hydrogens (tertiary/aromatic N) is 2. The second kappa shape index (κ2) is 8.02. The van der Waals surface area contributed by atoms with Crippen molar-refractivity contribution in [3.05, 3.63) is 54.4 Å². The van der Waals surface area contributed by atoms with Gasteiger partial charge in [-0.2, -0.15) is 0 Å². The molecule has 0 unspecified atom stereocenters. The second-order valence-corrected chi connectivity index (χ2v) is 7.17. The second-order valence-electron chi connectivity index (χ2n) is 5.24. The van der Waals surface area contributed by atoms with Crippen molar-refractivity contribution >= 4 is 15.9 Å². The van der Waals surface area contributed by atoms with Gasteiger partial charge in [0.2, 0.25) is 15.9 Å². The molecule has 0 aliphatic rings. The molecule has 0 fully saturated rings.